The maximum absolute atomic E-state index is 11.8. The predicted molar refractivity (Wildman–Crippen MR) is 70.6 cm³/mol. The molecule has 3 fully saturated rings. The highest BCUT2D eigenvalue weighted by Crippen LogP contribution is 2.26. The van der Waals surface area contributed by atoms with Crippen molar-refractivity contribution in [3.05, 3.63) is 24.2 Å². The summed E-state index contributed by atoms with van der Waals surface area (Å²) < 4.78 is 5.09. The lowest BCUT2D eigenvalue weighted by atomic mass is 9.76. The molecule has 1 unspecified atom stereocenters. The molecule has 0 aliphatic carbocycles. The number of terminal acetylenes is 1. The molecular formula is C15H19N2O2+. The van der Waals surface area contributed by atoms with Crippen LogP contribution in [-0.2, 0) is 0 Å². The molecule has 19 heavy (non-hydrogen) atoms. The zero-order chi connectivity index (χ0) is 13.2. The van der Waals surface area contributed by atoms with Gasteiger partial charge in [0.2, 0.25) is 0 Å². The fourth-order valence-electron chi connectivity index (χ4n) is 3.44. The summed E-state index contributed by atoms with van der Waals surface area (Å²) in [5, 5.41) is 2.97. The predicted octanol–water partition coefficient (Wildman–Crippen LogP) is -0.0641. The number of furan rings is 1. The van der Waals surface area contributed by atoms with Crippen molar-refractivity contribution in [2.75, 3.05) is 19.6 Å². The van der Waals surface area contributed by atoms with Crippen LogP contribution in [0, 0.1) is 24.2 Å². The van der Waals surface area contributed by atoms with E-state index < -0.39 is 0 Å². The average molecular weight is 259 g/mol. The number of nitrogens with one attached hydrogen (secondary N) is 2. The molecule has 3 saturated heterocycles. The van der Waals surface area contributed by atoms with Crippen LogP contribution >= 0.6 is 0 Å². The average Bonchev–Trinajstić information content (AvgIpc) is 2.99. The summed E-state index contributed by atoms with van der Waals surface area (Å²) in [5.41, 5.74) is 0. The highest BCUT2D eigenvalue weighted by atomic mass is 16.3. The molecule has 3 aliphatic heterocycles. The Labute approximate surface area is 113 Å². The van der Waals surface area contributed by atoms with Crippen LogP contribution in [0.4, 0.5) is 0 Å². The number of quaternary nitrogens is 1. The van der Waals surface area contributed by atoms with E-state index in [4.69, 9.17) is 10.8 Å². The number of fused-ring (bicyclic) bond motifs is 3. The largest absolute Gasteiger partial charge is 0.459 e. The van der Waals surface area contributed by atoms with Gasteiger partial charge >= 0.3 is 0 Å². The Balaban J connectivity index is 1.55. The first-order chi connectivity index (χ1) is 9.28. The zero-order valence-corrected chi connectivity index (χ0v) is 10.9. The zero-order valence-electron chi connectivity index (χ0n) is 10.9. The minimum absolute atomic E-state index is 0.124. The summed E-state index contributed by atoms with van der Waals surface area (Å²) >= 11 is 0. The number of hydrogen-bond acceptors (Lipinski definition) is 2. The van der Waals surface area contributed by atoms with Crippen molar-refractivity contribution in [3.8, 4) is 12.3 Å². The summed E-state index contributed by atoms with van der Waals surface area (Å²) in [6, 6.07) is 3.91. The van der Waals surface area contributed by atoms with Crippen molar-refractivity contribution in [2.45, 2.75) is 18.9 Å². The molecule has 0 radical (unpaired) electrons. The first-order valence-electron chi connectivity index (χ1n) is 6.90. The standard InChI is InChI=1S/C15H18N2O2/c1-2-11-10-17-6-5-12(11)8-13(17)9-16-15(18)14-4-3-7-19-14/h1,3-4,7,11-13H,5-6,8-10H2,(H,16,18)/p+1/t11-,12-,13+/m0/s1. The monoisotopic (exact) mass is 259 g/mol. The Bertz CT molecular complexity index is 489. The number of hydrogen-bond donors (Lipinski definition) is 2. The maximum atomic E-state index is 11.8. The van der Waals surface area contributed by atoms with Gasteiger partial charge in [0, 0.05) is 12.8 Å². The van der Waals surface area contributed by atoms with Crippen LogP contribution in [0.1, 0.15) is 23.4 Å². The van der Waals surface area contributed by atoms with E-state index >= 15 is 0 Å². The van der Waals surface area contributed by atoms with Gasteiger partial charge in [-0.25, -0.2) is 0 Å². The van der Waals surface area contributed by atoms with Gasteiger partial charge in [-0.1, -0.05) is 5.92 Å². The highest BCUT2D eigenvalue weighted by Gasteiger charge is 2.42. The van der Waals surface area contributed by atoms with Gasteiger partial charge in [0.15, 0.2) is 5.76 Å². The van der Waals surface area contributed by atoms with Gasteiger partial charge in [0.05, 0.1) is 31.8 Å². The Morgan fingerprint density at radius 2 is 2.53 bits per heavy atom. The summed E-state index contributed by atoms with van der Waals surface area (Å²) in [6.45, 7) is 2.95. The first kappa shape index (κ1) is 12.3. The van der Waals surface area contributed by atoms with Crippen molar-refractivity contribution in [1.82, 2.24) is 5.32 Å². The van der Waals surface area contributed by atoms with E-state index in [0.717, 1.165) is 13.0 Å². The van der Waals surface area contributed by atoms with Crippen molar-refractivity contribution in [2.24, 2.45) is 11.8 Å². The Morgan fingerprint density at radius 1 is 1.63 bits per heavy atom. The number of carbonyl (C=O) groups excluding carboxylic acids is 1. The number of piperidine rings is 3. The lowest BCUT2D eigenvalue weighted by Crippen LogP contribution is -3.20. The summed E-state index contributed by atoms with van der Waals surface area (Å²) in [4.78, 5) is 13.4. The van der Waals surface area contributed by atoms with Crippen LogP contribution in [0.2, 0.25) is 0 Å². The van der Waals surface area contributed by atoms with Gasteiger partial charge in [0.25, 0.3) is 5.91 Å². The minimum atomic E-state index is -0.124. The van der Waals surface area contributed by atoms with Crippen molar-refractivity contribution < 1.29 is 14.1 Å². The molecule has 4 heteroatoms. The second-order valence-corrected chi connectivity index (χ2v) is 5.55. The molecule has 0 saturated carbocycles. The maximum Gasteiger partial charge on any atom is 0.287 e. The van der Waals surface area contributed by atoms with E-state index in [1.165, 1.54) is 19.2 Å². The van der Waals surface area contributed by atoms with Crippen LogP contribution in [0.25, 0.3) is 0 Å². The molecule has 1 amide bonds. The molecule has 0 spiro atoms. The normalized spacial score (nSPS) is 32.8. The molecule has 3 aliphatic rings. The van der Waals surface area contributed by atoms with Gasteiger partial charge < -0.3 is 14.6 Å². The molecule has 0 aromatic carbocycles. The van der Waals surface area contributed by atoms with E-state index in [1.54, 1.807) is 17.0 Å². The van der Waals surface area contributed by atoms with E-state index in [2.05, 4.69) is 11.2 Å². The second-order valence-electron chi connectivity index (χ2n) is 5.55. The van der Waals surface area contributed by atoms with E-state index in [1.807, 2.05) is 0 Å². The van der Waals surface area contributed by atoms with Gasteiger partial charge in [-0.15, -0.1) is 6.42 Å². The molecule has 100 valence electrons. The number of carbonyl (C=O) groups is 1. The van der Waals surface area contributed by atoms with Crippen LogP contribution in [-0.4, -0.2) is 31.6 Å². The molecule has 1 aromatic rings. The molecular weight excluding hydrogens is 240 g/mol. The summed E-state index contributed by atoms with van der Waals surface area (Å²) in [6.07, 6.45) is 9.45. The number of rotatable bonds is 3. The molecule has 4 nitrogen and oxygen atoms in total. The molecule has 2 bridgehead atoms. The highest BCUT2D eigenvalue weighted by molar-refractivity contribution is 5.91. The Hall–Kier alpha value is -1.73. The first-order valence-corrected chi connectivity index (χ1v) is 6.90. The lowest BCUT2D eigenvalue weighted by molar-refractivity contribution is -0.943. The lowest BCUT2D eigenvalue weighted by Gasteiger charge is -2.45. The fourth-order valence-corrected chi connectivity index (χ4v) is 3.44. The SMILES string of the molecule is C#C[C@H]1C[NH+]2CC[C@H]1C[C@@H]2CNC(=O)c1ccco1. The fraction of sp³-hybridized carbons (Fsp3) is 0.533. The van der Waals surface area contributed by atoms with Crippen molar-refractivity contribution >= 4 is 5.91 Å². The van der Waals surface area contributed by atoms with Crippen molar-refractivity contribution in [3.63, 3.8) is 0 Å². The molecule has 2 N–H and O–H groups in total. The molecule has 4 heterocycles. The van der Waals surface area contributed by atoms with Gasteiger partial charge in [-0.2, -0.15) is 0 Å². The molecule has 1 aromatic heterocycles. The summed E-state index contributed by atoms with van der Waals surface area (Å²) in [7, 11) is 0. The van der Waals surface area contributed by atoms with Gasteiger partial charge in [-0.3, -0.25) is 4.79 Å². The summed E-state index contributed by atoms with van der Waals surface area (Å²) in [5.74, 6) is 4.25. The van der Waals surface area contributed by atoms with Crippen LogP contribution in [0.15, 0.2) is 22.8 Å². The Morgan fingerprint density at radius 3 is 3.16 bits per heavy atom. The Kier molecular flexibility index (Phi) is 3.31. The molecule has 4 atom stereocenters. The van der Waals surface area contributed by atoms with Gasteiger partial charge in [-0.05, 0) is 18.1 Å². The smallest absolute Gasteiger partial charge is 0.287 e. The van der Waals surface area contributed by atoms with E-state index in [-0.39, 0.29) is 5.91 Å². The second kappa shape index (κ2) is 5.10. The third-order valence-corrected chi connectivity index (χ3v) is 4.52. The van der Waals surface area contributed by atoms with Crippen molar-refractivity contribution in [1.29, 1.82) is 0 Å². The third kappa shape index (κ3) is 2.39. The van der Waals surface area contributed by atoms with Crippen LogP contribution in [0.5, 0.6) is 0 Å². The van der Waals surface area contributed by atoms with E-state index in [9.17, 15) is 4.79 Å². The quantitative estimate of drug-likeness (QED) is 0.747. The van der Waals surface area contributed by atoms with Crippen LogP contribution < -0.4 is 10.2 Å². The number of amides is 1. The third-order valence-electron chi connectivity index (χ3n) is 4.52. The minimum Gasteiger partial charge on any atom is -0.459 e. The topological polar surface area (TPSA) is 46.7 Å². The van der Waals surface area contributed by atoms with E-state index in [0.29, 0.717) is 30.2 Å². The molecule has 4 rings (SSSR count). The van der Waals surface area contributed by atoms with Crippen LogP contribution in [0.3, 0.4) is 0 Å². The van der Waals surface area contributed by atoms with Gasteiger partial charge in [0.1, 0.15) is 6.04 Å².